The third kappa shape index (κ3) is 2.66. The van der Waals surface area contributed by atoms with Gasteiger partial charge in [-0.15, -0.1) is 0 Å². The van der Waals surface area contributed by atoms with Crippen LogP contribution in [0.15, 0.2) is 18.2 Å². The summed E-state index contributed by atoms with van der Waals surface area (Å²) in [5.41, 5.74) is 7.94. The lowest BCUT2D eigenvalue weighted by Gasteiger charge is -2.36. The second kappa shape index (κ2) is 5.44. The van der Waals surface area contributed by atoms with Crippen molar-refractivity contribution in [2.45, 2.75) is 39.7 Å². The quantitative estimate of drug-likeness (QED) is 0.902. The number of carbonyl (C=O) groups excluding carboxylic acids is 1. The molecule has 0 radical (unpaired) electrons. The number of hydrogen-bond donors (Lipinski definition) is 1. The minimum atomic E-state index is -0.515. The first-order chi connectivity index (χ1) is 9.36. The van der Waals surface area contributed by atoms with Crippen molar-refractivity contribution in [2.24, 2.45) is 11.1 Å². The van der Waals surface area contributed by atoms with Crippen LogP contribution in [-0.2, 0) is 11.2 Å². The van der Waals surface area contributed by atoms with E-state index in [9.17, 15) is 4.79 Å². The van der Waals surface area contributed by atoms with Crippen LogP contribution < -0.4 is 15.4 Å². The average molecular weight is 276 g/mol. The van der Waals surface area contributed by atoms with Gasteiger partial charge in [0.15, 0.2) is 0 Å². The van der Waals surface area contributed by atoms with Gasteiger partial charge in [0.2, 0.25) is 5.91 Å². The van der Waals surface area contributed by atoms with E-state index in [-0.39, 0.29) is 11.3 Å². The van der Waals surface area contributed by atoms with Crippen molar-refractivity contribution in [1.29, 1.82) is 0 Å². The molecular formula is C16H24N2O2. The van der Waals surface area contributed by atoms with Crippen molar-refractivity contribution in [3.8, 4) is 5.75 Å². The lowest BCUT2D eigenvalue weighted by molar-refractivity contribution is -0.122. The van der Waals surface area contributed by atoms with E-state index < -0.39 is 6.04 Å². The highest BCUT2D eigenvalue weighted by atomic mass is 16.5. The van der Waals surface area contributed by atoms with Crippen molar-refractivity contribution in [2.75, 3.05) is 18.6 Å². The maximum Gasteiger partial charge on any atom is 0.244 e. The molecule has 1 heterocycles. The zero-order valence-electron chi connectivity index (χ0n) is 12.8. The largest absolute Gasteiger partial charge is 0.495 e. The molecule has 0 bridgehead atoms. The molecule has 0 saturated heterocycles. The van der Waals surface area contributed by atoms with Gasteiger partial charge in [0.1, 0.15) is 5.75 Å². The van der Waals surface area contributed by atoms with Crippen molar-refractivity contribution in [3.63, 3.8) is 0 Å². The number of para-hydroxylation sites is 1. The highest BCUT2D eigenvalue weighted by molar-refractivity contribution is 6.00. The van der Waals surface area contributed by atoms with E-state index in [1.807, 2.05) is 32.9 Å². The van der Waals surface area contributed by atoms with E-state index in [1.54, 1.807) is 12.0 Å². The molecule has 2 rings (SSSR count). The van der Waals surface area contributed by atoms with E-state index in [4.69, 9.17) is 10.5 Å². The van der Waals surface area contributed by atoms with Gasteiger partial charge in [0, 0.05) is 6.54 Å². The molecule has 0 fully saturated rings. The summed E-state index contributed by atoms with van der Waals surface area (Å²) in [4.78, 5) is 14.5. The van der Waals surface area contributed by atoms with Gasteiger partial charge in [0.25, 0.3) is 0 Å². The van der Waals surface area contributed by atoms with Gasteiger partial charge in [-0.3, -0.25) is 4.79 Å². The molecule has 0 saturated carbocycles. The van der Waals surface area contributed by atoms with Crippen molar-refractivity contribution >= 4 is 11.6 Å². The summed E-state index contributed by atoms with van der Waals surface area (Å²) in [5.74, 6) is 0.722. The standard InChI is InChI=1S/C16H24N2O2/c1-16(2,3)14(17)15(19)18-10-6-8-11-7-5-9-12(20-4)13(11)18/h5,7,9,14H,6,8,10,17H2,1-4H3/t14-/m1/s1. The molecule has 1 aromatic rings. The van der Waals surface area contributed by atoms with Crippen LogP contribution in [0.3, 0.4) is 0 Å². The van der Waals surface area contributed by atoms with Crippen LogP contribution in [0.1, 0.15) is 32.8 Å². The Balaban J connectivity index is 2.40. The second-order valence-corrected chi connectivity index (χ2v) is 6.41. The number of rotatable bonds is 2. The molecule has 1 aromatic carbocycles. The number of nitrogens with zero attached hydrogens (tertiary/aromatic N) is 1. The van der Waals surface area contributed by atoms with Crippen LogP contribution in [0.4, 0.5) is 5.69 Å². The summed E-state index contributed by atoms with van der Waals surface area (Å²) in [6.07, 6.45) is 1.93. The lowest BCUT2D eigenvalue weighted by Crippen LogP contribution is -2.52. The van der Waals surface area contributed by atoms with Crippen LogP contribution in [0.2, 0.25) is 0 Å². The number of fused-ring (bicyclic) bond motifs is 1. The molecule has 2 N–H and O–H groups in total. The fraction of sp³-hybridized carbons (Fsp3) is 0.562. The maximum atomic E-state index is 12.7. The molecule has 4 nitrogen and oxygen atoms in total. The fourth-order valence-corrected chi connectivity index (χ4v) is 2.54. The smallest absolute Gasteiger partial charge is 0.244 e. The zero-order valence-corrected chi connectivity index (χ0v) is 12.8. The molecule has 1 amide bonds. The minimum Gasteiger partial charge on any atom is -0.495 e. The first kappa shape index (κ1) is 14.9. The molecule has 4 heteroatoms. The first-order valence-electron chi connectivity index (χ1n) is 7.09. The summed E-state index contributed by atoms with van der Waals surface area (Å²) in [6.45, 7) is 6.67. The van der Waals surface area contributed by atoms with Gasteiger partial charge in [-0.2, -0.15) is 0 Å². The molecule has 1 aliphatic rings. The predicted octanol–water partition coefficient (Wildman–Crippen LogP) is 2.35. The number of methoxy groups -OCH3 is 1. The minimum absolute atomic E-state index is 0.0250. The fourth-order valence-electron chi connectivity index (χ4n) is 2.54. The number of anilines is 1. The van der Waals surface area contributed by atoms with E-state index >= 15 is 0 Å². The number of ether oxygens (including phenoxy) is 1. The van der Waals surface area contributed by atoms with Crippen LogP contribution in [-0.4, -0.2) is 25.6 Å². The van der Waals surface area contributed by atoms with Crippen LogP contribution >= 0.6 is 0 Å². The normalized spacial score (nSPS) is 16.6. The highest BCUT2D eigenvalue weighted by Gasteiger charge is 2.34. The zero-order chi connectivity index (χ0) is 14.9. The van der Waals surface area contributed by atoms with Crippen LogP contribution in [0.25, 0.3) is 0 Å². The Morgan fingerprint density at radius 3 is 2.70 bits per heavy atom. The molecule has 0 unspecified atom stereocenters. The van der Waals surface area contributed by atoms with Gasteiger partial charge < -0.3 is 15.4 Å². The molecule has 1 atom stereocenters. The topological polar surface area (TPSA) is 55.6 Å². The second-order valence-electron chi connectivity index (χ2n) is 6.41. The number of carbonyl (C=O) groups is 1. The Hall–Kier alpha value is -1.55. The predicted molar refractivity (Wildman–Crippen MR) is 81.1 cm³/mol. The lowest BCUT2D eigenvalue weighted by atomic mass is 9.86. The molecule has 0 aliphatic carbocycles. The van der Waals surface area contributed by atoms with E-state index in [0.717, 1.165) is 29.8 Å². The van der Waals surface area contributed by atoms with E-state index in [1.165, 1.54) is 0 Å². The van der Waals surface area contributed by atoms with Gasteiger partial charge in [-0.25, -0.2) is 0 Å². The van der Waals surface area contributed by atoms with Crippen molar-refractivity contribution in [1.82, 2.24) is 0 Å². The summed E-state index contributed by atoms with van der Waals surface area (Å²) < 4.78 is 5.42. The highest BCUT2D eigenvalue weighted by Crippen LogP contribution is 2.37. The van der Waals surface area contributed by atoms with E-state index in [0.29, 0.717) is 6.54 Å². The van der Waals surface area contributed by atoms with Gasteiger partial charge >= 0.3 is 0 Å². The molecule has 1 aliphatic heterocycles. The van der Waals surface area contributed by atoms with Crippen LogP contribution in [0.5, 0.6) is 5.75 Å². The number of aryl methyl sites for hydroxylation is 1. The summed E-state index contributed by atoms with van der Waals surface area (Å²) in [5, 5.41) is 0. The Morgan fingerprint density at radius 1 is 1.40 bits per heavy atom. The third-order valence-electron chi connectivity index (χ3n) is 3.87. The average Bonchev–Trinajstić information content (AvgIpc) is 2.43. The molecule has 20 heavy (non-hydrogen) atoms. The number of benzene rings is 1. The maximum absolute atomic E-state index is 12.7. The van der Waals surface area contributed by atoms with Crippen LogP contribution in [0, 0.1) is 5.41 Å². The Labute approximate surface area is 120 Å². The number of hydrogen-bond acceptors (Lipinski definition) is 3. The molecule has 0 spiro atoms. The summed E-state index contributed by atoms with van der Waals surface area (Å²) in [7, 11) is 1.64. The number of amides is 1. The van der Waals surface area contributed by atoms with Crippen molar-refractivity contribution < 1.29 is 9.53 Å². The summed E-state index contributed by atoms with van der Waals surface area (Å²) in [6, 6.07) is 5.40. The summed E-state index contributed by atoms with van der Waals surface area (Å²) >= 11 is 0. The van der Waals surface area contributed by atoms with Gasteiger partial charge in [0.05, 0.1) is 18.8 Å². The first-order valence-corrected chi connectivity index (χ1v) is 7.09. The Kier molecular flexibility index (Phi) is 4.04. The Bertz CT molecular complexity index is 491. The van der Waals surface area contributed by atoms with Gasteiger partial charge in [-0.05, 0) is 29.9 Å². The SMILES string of the molecule is COc1cccc2c1N(C(=O)[C@@H](N)C(C)(C)C)CCC2. The molecular weight excluding hydrogens is 252 g/mol. The van der Waals surface area contributed by atoms with E-state index in [2.05, 4.69) is 6.07 Å². The van der Waals surface area contributed by atoms with Crippen molar-refractivity contribution in [3.05, 3.63) is 23.8 Å². The number of nitrogens with two attached hydrogens (primary N) is 1. The molecule has 0 aromatic heterocycles. The monoisotopic (exact) mass is 276 g/mol. The third-order valence-corrected chi connectivity index (χ3v) is 3.87. The molecule has 110 valence electrons. The van der Waals surface area contributed by atoms with Gasteiger partial charge in [-0.1, -0.05) is 32.9 Å². The Morgan fingerprint density at radius 2 is 2.10 bits per heavy atom.